The van der Waals surface area contributed by atoms with Crippen LogP contribution in [0.4, 0.5) is 5.69 Å². The summed E-state index contributed by atoms with van der Waals surface area (Å²) in [6, 6.07) is 8.52. The summed E-state index contributed by atoms with van der Waals surface area (Å²) < 4.78 is 7.16. The Bertz CT molecular complexity index is 1230. The van der Waals surface area contributed by atoms with Gasteiger partial charge in [-0.3, -0.25) is 9.20 Å². The van der Waals surface area contributed by atoms with Gasteiger partial charge in [-0.25, -0.2) is 10.2 Å². The second kappa shape index (κ2) is 6.30. The Morgan fingerprint density at radius 1 is 1.21 bits per heavy atom. The third-order valence-electron chi connectivity index (χ3n) is 5.57. The van der Waals surface area contributed by atoms with Crippen LogP contribution >= 0.6 is 0 Å². The number of anilines is 1. The van der Waals surface area contributed by atoms with E-state index >= 15 is 0 Å². The van der Waals surface area contributed by atoms with Gasteiger partial charge in [0.2, 0.25) is 0 Å². The fourth-order valence-corrected chi connectivity index (χ4v) is 4.02. The Balaban J connectivity index is 1.58. The number of imidazole rings is 1. The molecule has 8 nitrogen and oxygen atoms in total. The van der Waals surface area contributed by atoms with Gasteiger partial charge in [-0.15, -0.1) is 0 Å². The van der Waals surface area contributed by atoms with Crippen molar-refractivity contribution in [3.8, 4) is 5.75 Å². The number of hydrogen-bond acceptors (Lipinski definition) is 6. The fraction of sp³-hybridized carbons (Fsp3) is 0.300. The molecule has 1 fully saturated rings. The van der Waals surface area contributed by atoms with Crippen LogP contribution in [0.1, 0.15) is 0 Å². The van der Waals surface area contributed by atoms with E-state index in [-0.39, 0.29) is 15.8 Å². The average Bonchev–Trinajstić information content (AvgIpc) is 3.11. The second-order valence-electron chi connectivity index (χ2n) is 7.31. The normalized spacial score (nSPS) is 16.9. The van der Waals surface area contributed by atoms with Gasteiger partial charge < -0.3 is 15.2 Å². The molecule has 28 heavy (non-hydrogen) atoms. The number of nitrogens with zero attached hydrogens (tertiary/aromatic N) is 3. The van der Waals surface area contributed by atoms with Crippen LogP contribution in [0, 0.1) is 0 Å². The van der Waals surface area contributed by atoms with Crippen LogP contribution in [-0.2, 0) is 4.74 Å². The molecule has 0 radical (unpaired) electrons. The molecule has 0 atom stereocenters. The van der Waals surface area contributed by atoms with Crippen LogP contribution in [-0.4, -0.2) is 63.7 Å². The smallest absolute Gasteiger partial charge is 0.199 e. The zero-order valence-electron chi connectivity index (χ0n) is 15.3. The molecule has 2 aromatic carbocycles. The lowest BCUT2D eigenvalue weighted by molar-refractivity contribution is -1.10. The van der Waals surface area contributed by atoms with E-state index in [1.807, 2.05) is 16.5 Å². The molecule has 2 aromatic heterocycles. The van der Waals surface area contributed by atoms with Crippen LogP contribution < -0.4 is 10.7 Å². The van der Waals surface area contributed by atoms with Crippen LogP contribution in [0.25, 0.3) is 27.3 Å². The molecule has 0 aliphatic carbocycles. The molecule has 1 aliphatic rings. The summed E-state index contributed by atoms with van der Waals surface area (Å²) >= 11 is 0. The number of phenolic OH excluding ortho intramolecular Hbond substituents is 1. The van der Waals surface area contributed by atoms with Gasteiger partial charge in [0.05, 0.1) is 47.1 Å². The van der Waals surface area contributed by atoms with Crippen molar-refractivity contribution in [1.29, 1.82) is 0 Å². The van der Waals surface area contributed by atoms with Gasteiger partial charge in [0, 0.05) is 5.69 Å². The molecular formula is C20H21N4O4+. The number of phenols is 1. The molecule has 3 N–H and O–H groups in total. The number of hydroxylamine groups is 3. The quantitative estimate of drug-likeness (QED) is 0.368. The first-order chi connectivity index (χ1) is 13.6. The van der Waals surface area contributed by atoms with Gasteiger partial charge in [-0.05, 0) is 30.3 Å². The van der Waals surface area contributed by atoms with Gasteiger partial charge in [0.1, 0.15) is 31.7 Å². The number of rotatable bonds is 4. The molecule has 0 saturated carbocycles. The lowest BCUT2D eigenvalue weighted by Gasteiger charge is -2.33. The number of hydrogen-bond donors (Lipinski definition) is 3. The molecular weight excluding hydrogens is 360 g/mol. The maximum absolute atomic E-state index is 13.2. The van der Waals surface area contributed by atoms with Gasteiger partial charge in [-0.1, -0.05) is 0 Å². The average molecular weight is 381 g/mol. The number of morpholine rings is 1. The highest BCUT2D eigenvalue weighted by molar-refractivity contribution is 6.07. The molecule has 5 rings (SSSR count). The van der Waals surface area contributed by atoms with E-state index in [4.69, 9.17) is 4.74 Å². The Hall–Kier alpha value is -2.94. The highest BCUT2D eigenvalue weighted by atomic mass is 16.6. The van der Waals surface area contributed by atoms with Crippen LogP contribution in [0.5, 0.6) is 5.75 Å². The molecule has 0 spiro atoms. The minimum Gasteiger partial charge on any atom is -0.508 e. The largest absolute Gasteiger partial charge is 0.508 e. The molecule has 3 heterocycles. The summed E-state index contributed by atoms with van der Waals surface area (Å²) in [5.41, 5.74) is 2.77. The minimum atomic E-state index is -0.147. The topological polar surface area (TPSA) is 96.1 Å². The van der Waals surface area contributed by atoms with Crippen molar-refractivity contribution >= 4 is 33.0 Å². The first-order valence-corrected chi connectivity index (χ1v) is 9.34. The van der Waals surface area contributed by atoms with Crippen molar-refractivity contribution in [2.45, 2.75) is 0 Å². The molecule has 0 amide bonds. The van der Waals surface area contributed by atoms with Crippen molar-refractivity contribution in [2.24, 2.45) is 0 Å². The summed E-state index contributed by atoms with van der Waals surface area (Å²) in [5.74, 6) is 0.0522. The third-order valence-corrected chi connectivity index (χ3v) is 5.57. The second-order valence-corrected chi connectivity index (χ2v) is 7.31. The van der Waals surface area contributed by atoms with Gasteiger partial charge in [-0.2, -0.15) is 4.65 Å². The third kappa shape index (κ3) is 2.65. The Morgan fingerprint density at radius 3 is 2.86 bits per heavy atom. The number of ether oxygens (including phenoxy) is 1. The number of fused-ring (bicyclic) bond motifs is 2. The molecule has 0 bridgehead atoms. The number of nitrogens with one attached hydrogen (secondary N) is 1. The first kappa shape index (κ1) is 17.2. The van der Waals surface area contributed by atoms with Crippen LogP contribution in [0.15, 0.2) is 41.5 Å². The van der Waals surface area contributed by atoms with Gasteiger partial charge in [0.25, 0.3) is 0 Å². The standard InChI is InChI=1S/C20H20N4O4/c25-13-1-4-17-14(11-13)20(26)18-15(2-3-16-19(18)23(17)12-22-16)21-5-6-24(27)7-9-28-10-8-24/h1-4,11-12,27H,5-10H2,(H-,21,25,26)/p+1. The van der Waals surface area contributed by atoms with Crippen LogP contribution in [0.2, 0.25) is 0 Å². The highest BCUT2D eigenvalue weighted by Gasteiger charge is 2.28. The fourth-order valence-electron chi connectivity index (χ4n) is 4.02. The molecule has 4 aromatic rings. The highest BCUT2D eigenvalue weighted by Crippen LogP contribution is 2.29. The number of quaternary nitrogens is 1. The minimum absolute atomic E-state index is 0.0346. The van der Waals surface area contributed by atoms with E-state index in [9.17, 15) is 15.1 Å². The molecule has 144 valence electrons. The van der Waals surface area contributed by atoms with Crippen molar-refractivity contribution in [3.63, 3.8) is 0 Å². The number of aromatic hydroxyl groups is 1. The van der Waals surface area contributed by atoms with Crippen molar-refractivity contribution in [2.75, 3.05) is 44.7 Å². The van der Waals surface area contributed by atoms with E-state index in [1.165, 1.54) is 6.07 Å². The zero-order valence-corrected chi connectivity index (χ0v) is 15.3. The van der Waals surface area contributed by atoms with E-state index < -0.39 is 0 Å². The monoisotopic (exact) mass is 381 g/mol. The summed E-state index contributed by atoms with van der Waals surface area (Å²) in [6.07, 6.45) is 1.70. The van der Waals surface area contributed by atoms with Gasteiger partial charge in [0.15, 0.2) is 5.43 Å². The maximum atomic E-state index is 13.2. The van der Waals surface area contributed by atoms with Crippen LogP contribution in [0.3, 0.4) is 0 Å². The molecule has 1 saturated heterocycles. The molecule has 8 heteroatoms. The summed E-state index contributed by atoms with van der Waals surface area (Å²) in [4.78, 5) is 17.6. The summed E-state index contributed by atoms with van der Waals surface area (Å²) in [6.45, 7) is 3.25. The van der Waals surface area contributed by atoms with Crippen molar-refractivity contribution in [3.05, 3.63) is 46.9 Å². The Morgan fingerprint density at radius 2 is 2.04 bits per heavy atom. The molecule has 1 aliphatic heterocycles. The number of aromatic nitrogens is 2. The van der Waals surface area contributed by atoms with Crippen molar-refractivity contribution < 1.29 is 19.7 Å². The van der Waals surface area contributed by atoms with Crippen molar-refractivity contribution in [1.82, 2.24) is 9.38 Å². The first-order valence-electron chi connectivity index (χ1n) is 9.34. The Kier molecular flexibility index (Phi) is 3.87. The van der Waals surface area contributed by atoms with E-state index in [2.05, 4.69) is 10.3 Å². The lowest BCUT2D eigenvalue weighted by atomic mass is 10.1. The number of benzene rings is 2. The zero-order chi connectivity index (χ0) is 19.3. The predicted molar refractivity (Wildman–Crippen MR) is 105 cm³/mol. The lowest BCUT2D eigenvalue weighted by Crippen LogP contribution is -2.54. The van der Waals surface area contributed by atoms with E-state index in [0.29, 0.717) is 61.4 Å². The predicted octanol–water partition coefficient (Wildman–Crippen LogP) is 1.79. The van der Waals surface area contributed by atoms with E-state index in [0.717, 1.165) is 11.0 Å². The van der Waals surface area contributed by atoms with E-state index in [1.54, 1.807) is 18.5 Å². The summed E-state index contributed by atoms with van der Waals surface area (Å²) in [7, 11) is 0. The summed E-state index contributed by atoms with van der Waals surface area (Å²) in [5, 5.41) is 24.7. The maximum Gasteiger partial charge on any atom is 0.199 e. The SMILES string of the molecule is O=c1c2cc(O)ccc2n2cnc3ccc(NCC[N+]4(O)CCOCC4)c1c32. The Labute approximate surface area is 160 Å². The number of pyridine rings is 1. The molecule has 0 unspecified atom stereocenters. The van der Waals surface area contributed by atoms with Gasteiger partial charge >= 0.3 is 0 Å².